The molecule has 0 bridgehead atoms. The van der Waals surface area contributed by atoms with Crippen molar-refractivity contribution in [2.24, 2.45) is 0 Å². The topological polar surface area (TPSA) is 70.4 Å². The van der Waals surface area contributed by atoms with Crippen LogP contribution in [0.25, 0.3) is 11.1 Å². The molecule has 4 rings (SSSR count). The van der Waals surface area contributed by atoms with Crippen molar-refractivity contribution in [1.29, 1.82) is 0 Å². The van der Waals surface area contributed by atoms with Crippen molar-refractivity contribution in [2.75, 3.05) is 24.5 Å². The lowest BCUT2D eigenvalue weighted by molar-refractivity contribution is -0.123. The number of anilines is 1. The fourth-order valence-electron chi connectivity index (χ4n) is 3.49. The zero-order chi connectivity index (χ0) is 15.6. The van der Waals surface area contributed by atoms with Gasteiger partial charge < -0.3 is 20.0 Å². The second-order valence-electron chi connectivity index (χ2n) is 6.37. The number of rotatable bonds is 3. The van der Waals surface area contributed by atoms with Gasteiger partial charge in [-0.15, -0.1) is 0 Å². The van der Waals surface area contributed by atoms with Crippen LogP contribution in [0, 0.1) is 0 Å². The fraction of sp³-hybridized carbons (Fsp3) is 0.529. The third-order valence-corrected chi connectivity index (χ3v) is 4.74. The van der Waals surface area contributed by atoms with E-state index in [0.29, 0.717) is 6.01 Å². The molecule has 1 amide bonds. The number of carbonyl (C=O) groups excluding carboxylic acids is 1. The molecule has 2 aliphatic rings. The summed E-state index contributed by atoms with van der Waals surface area (Å²) < 4.78 is 5.88. The minimum atomic E-state index is -0.183. The average Bonchev–Trinajstić information content (AvgIpc) is 3.23. The Labute approximate surface area is 135 Å². The summed E-state index contributed by atoms with van der Waals surface area (Å²) in [6, 6.07) is 8.36. The molecule has 0 aliphatic carbocycles. The highest BCUT2D eigenvalue weighted by atomic mass is 16.4. The van der Waals surface area contributed by atoms with Gasteiger partial charge in [0.05, 0.1) is 0 Å². The molecule has 0 spiro atoms. The largest absolute Gasteiger partial charge is 0.423 e. The van der Waals surface area contributed by atoms with Gasteiger partial charge in [-0.3, -0.25) is 4.79 Å². The number of amides is 1. The molecule has 122 valence electrons. The van der Waals surface area contributed by atoms with Crippen LogP contribution in [-0.2, 0) is 4.79 Å². The Hall–Kier alpha value is -2.08. The number of hydrogen-bond donors (Lipinski definition) is 2. The molecule has 23 heavy (non-hydrogen) atoms. The summed E-state index contributed by atoms with van der Waals surface area (Å²) in [6.07, 6.45) is 3.98. The van der Waals surface area contributed by atoms with Crippen LogP contribution in [0.3, 0.4) is 0 Å². The number of oxazole rings is 1. The van der Waals surface area contributed by atoms with Gasteiger partial charge in [0.2, 0.25) is 5.91 Å². The zero-order valence-electron chi connectivity index (χ0n) is 13.1. The van der Waals surface area contributed by atoms with Crippen molar-refractivity contribution >= 4 is 23.0 Å². The van der Waals surface area contributed by atoms with Crippen molar-refractivity contribution in [2.45, 2.75) is 37.8 Å². The van der Waals surface area contributed by atoms with Crippen LogP contribution in [0.5, 0.6) is 0 Å². The van der Waals surface area contributed by atoms with E-state index in [2.05, 4.69) is 15.6 Å². The Morgan fingerprint density at radius 2 is 2.22 bits per heavy atom. The molecule has 1 aromatic heterocycles. The molecule has 2 aromatic rings. The molecule has 0 unspecified atom stereocenters. The van der Waals surface area contributed by atoms with Gasteiger partial charge in [0.1, 0.15) is 11.6 Å². The standard InChI is InChI=1S/C17H22N4O2/c22-16(19-12-8-9-18-11-12)14-6-3-4-10-21(14)17-20-13-5-1-2-7-15(13)23-17/h1-2,5,7,12,14,18H,3-4,6,8-11H2,(H,19,22)/t12-,14+/m1/s1. The molecule has 2 N–H and O–H groups in total. The minimum Gasteiger partial charge on any atom is -0.423 e. The molecule has 6 heteroatoms. The first kappa shape index (κ1) is 14.5. The van der Waals surface area contributed by atoms with E-state index in [4.69, 9.17) is 4.42 Å². The third kappa shape index (κ3) is 2.91. The van der Waals surface area contributed by atoms with Gasteiger partial charge in [-0.25, -0.2) is 0 Å². The highest BCUT2D eigenvalue weighted by Gasteiger charge is 2.33. The van der Waals surface area contributed by atoms with Gasteiger partial charge in [0.15, 0.2) is 5.58 Å². The Kier molecular flexibility index (Phi) is 3.91. The number of carbonyl (C=O) groups is 1. The number of piperidine rings is 1. The summed E-state index contributed by atoms with van der Waals surface area (Å²) in [5.41, 5.74) is 1.61. The van der Waals surface area contributed by atoms with Crippen molar-refractivity contribution in [1.82, 2.24) is 15.6 Å². The smallest absolute Gasteiger partial charge is 0.299 e. The predicted octanol–water partition coefficient (Wildman–Crippen LogP) is 1.66. The molecule has 2 aliphatic heterocycles. The van der Waals surface area contributed by atoms with Crippen molar-refractivity contribution in [3.05, 3.63) is 24.3 Å². The van der Waals surface area contributed by atoms with E-state index >= 15 is 0 Å². The number of para-hydroxylation sites is 2. The molecule has 6 nitrogen and oxygen atoms in total. The summed E-state index contributed by atoms with van der Waals surface area (Å²) in [4.78, 5) is 19.3. The molecular weight excluding hydrogens is 292 g/mol. The maximum Gasteiger partial charge on any atom is 0.299 e. The lowest BCUT2D eigenvalue weighted by atomic mass is 10.0. The predicted molar refractivity (Wildman–Crippen MR) is 88.4 cm³/mol. The zero-order valence-corrected chi connectivity index (χ0v) is 13.1. The highest BCUT2D eigenvalue weighted by Crippen LogP contribution is 2.27. The van der Waals surface area contributed by atoms with Gasteiger partial charge in [-0.05, 0) is 44.4 Å². The van der Waals surface area contributed by atoms with Crippen LogP contribution in [0.15, 0.2) is 28.7 Å². The summed E-state index contributed by atoms with van der Waals surface area (Å²) >= 11 is 0. The van der Waals surface area contributed by atoms with Gasteiger partial charge >= 0.3 is 0 Å². The highest BCUT2D eigenvalue weighted by molar-refractivity contribution is 5.85. The van der Waals surface area contributed by atoms with Gasteiger partial charge in [-0.2, -0.15) is 4.98 Å². The monoisotopic (exact) mass is 314 g/mol. The molecule has 0 radical (unpaired) electrons. The summed E-state index contributed by atoms with van der Waals surface area (Å²) in [5.74, 6) is 0.0978. The molecule has 2 atom stereocenters. The first-order valence-corrected chi connectivity index (χ1v) is 8.44. The Balaban J connectivity index is 1.55. The summed E-state index contributed by atoms with van der Waals surface area (Å²) in [6.45, 7) is 2.65. The normalized spacial score (nSPS) is 25.0. The van der Waals surface area contributed by atoms with Gasteiger partial charge in [0.25, 0.3) is 6.01 Å². The van der Waals surface area contributed by atoms with Gasteiger partial charge in [0, 0.05) is 19.1 Å². The fourth-order valence-corrected chi connectivity index (χ4v) is 3.49. The summed E-state index contributed by atoms with van der Waals surface area (Å²) in [7, 11) is 0. The maximum atomic E-state index is 12.7. The Bertz CT molecular complexity index is 660. The maximum absolute atomic E-state index is 12.7. The van der Waals surface area contributed by atoms with E-state index in [0.717, 1.165) is 56.4 Å². The van der Waals surface area contributed by atoms with Gasteiger partial charge in [-0.1, -0.05) is 12.1 Å². The quantitative estimate of drug-likeness (QED) is 0.902. The van der Waals surface area contributed by atoms with E-state index in [1.165, 1.54) is 0 Å². The second kappa shape index (κ2) is 6.20. The molecular formula is C17H22N4O2. The van der Waals surface area contributed by atoms with Crippen molar-refractivity contribution in [3.63, 3.8) is 0 Å². The lowest BCUT2D eigenvalue weighted by Crippen LogP contribution is -2.52. The third-order valence-electron chi connectivity index (χ3n) is 4.74. The minimum absolute atomic E-state index is 0.0978. The number of fused-ring (bicyclic) bond motifs is 1. The summed E-state index contributed by atoms with van der Waals surface area (Å²) in [5, 5.41) is 6.45. The number of nitrogens with zero attached hydrogens (tertiary/aromatic N) is 2. The Morgan fingerprint density at radius 1 is 1.30 bits per heavy atom. The van der Waals surface area contributed by atoms with E-state index in [1.807, 2.05) is 29.2 Å². The van der Waals surface area contributed by atoms with Crippen LogP contribution >= 0.6 is 0 Å². The Morgan fingerprint density at radius 3 is 3.04 bits per heavy atom. The number of nitrogens with one attached hydrogen (secondary N) is 2. The molecule has 3 heterocycles. The molecule has 0 saturated carbocycles. The van der Waals surface area contributed by atoms with Crippen LogP contribution in [0.2, 0.25) is 0 Å². The first-order valence-electron chi connectivity index (χ1n) is 8.44. The van der Waals surface area contributed by atoms with E-state index in [9.17, 15) is 4.79 Å². The first-order chi connectivity index (χ1) is 11.3. The SMILES string of the molecule is O=C(N[C@@H]1CCNC1)[C@@H]1CCCCN1c1nc2ccccc2o1. The van der Waals surface area contributed by atoms with Crippen LogP contribution < -0.4 is 15.5 Å². The number of aromatic nitrogens is 1. The van der Waals surface area contributed by atoms with E-state index in [1.54, 1.807) is 0 Å². The average molecular weight is 314 g/mol. The van der Waals surface area contributed by atoms with Crippen molar-refractivity contribution in [3.8, 4) is 0 Å². The van der Waals surface area contributed by atoms with E-state index in [-0.39, 0.29) is 18.0 Å². The second-order valence-corrected chi connectivity index (χ2v) is 6.37. The van der Waals surface area contributed by atoms with Crippen LogP contribution in [0.4, 0.5) is 6.01 Å². The lowest BCUT2D eigenvalue weighted by Gasteiger charge is -2.34. The number of benzene rings is 1. The van der Waals surface area contributed by atoms with Crippen molar-refractivity contribution < 1.29 is 9.21 Å². The van der Waals surface area contributed by atoms with Crippen LogP contribution in [0.1, 0.15) is 25.7 Å². The molecule has 2 saturated heterocycles. The molecule has 2 fully saturated rings. The molecule has 1 aromatic carbocycles. The van der Waals surface area contributed by atoms with E-state index < -0.39 is 0 Å². The van der Waals surface area contributed by atoms with Crippen LogP contribution in [-0.4, -0.2) is 42.6 Å². The number of hydrogen-bond acceptors (Lipinski definition) is 5.